The minimum absolute atomic E-state index is 0.0739. The molecule has 0 aliphatic rings. The number of hydrogen-bond donors (Lipinski definition) is 2. The van der Waals surface area contributed by atoms with Crippen LogP contribution in [0.25, 0.3) is 6.08 Å². The Morgan fingerprint density at radius 3 is 2.24 bits per heavy atom. The van der Waals surface area contributed by atoms with E-state index in [0.717, 1.165) is 5.56 Å². The van der Waals surface area contributed by atoms with Gasteiger partial charge in [-0.2, -0.15) is 5.26 Å². The number of carbonyl (C=O) groups excluding carboxylic acids is 1. The van der Waals surface area contributed by atoms with Crippen LogP contribution in [0.3, 0.4) is 0 Å². The van der Waals surface area contributed by atoms with E-state index in [4.69, 9.17) is 14.6 Å². The number of hydrogen-bond acceptors (Lipinski definition) is 5. The number of carboxylic acid groups (broad SMARTS) is 1. The number of nitriles is 1. The van der Waals surface area contributed by atoms with E-state index in [0.29, 0.717) is 36.5 Å². The number of carbonyl (C=O) groups is 2. The van der Waals surface area contributed by atoms with E-state index in [1.807, 2.05) is 81.6 Å². The van der Waals surface area contributed by atoms with Gasteiger partial charge in [0.1, 0.15) is 29.7 Å². The predicted molar refractivity (Wildman–Crippen MR) is 144 cm³/mol. The molecule has 3 aromatic rings. The summed E-state index contributed by atoms with van der Waals surface area (Å²) in [6, 6.07) is 22.0. The molecule has 0 radical (unpaired) electrons. The van der Waals surface area contributed by atoms with E-state index in [9.17, 15) is 14.9 Å². The van der Waals surface area contributed by atoms with Crippen LogP contribution in [0.2, 0.25) is 0 Å². The number of rotatable bonds is 9. The molecule has 0 saturated carbocycles. The fourth-order valence-electron chi connectivity index (χ4n) is 2.82. The molecule has 0 atom stereocenters. The average Bonchev–Trinajstić information content (AvgIpc) is 2.82. The van der Waals surface area contributed by atoms with Crippen molar-refractivity contribution in [3.8, 4) is 17.6 Å². The molecule has 0 unspecified atom stereocenters. The molecular formula is C25H18I2N2O5. The lowest BCUT2D eigenvalue weighted by Crippen LogP contribution is -2.13. The van der Waals surface area contributed by atoms with Crippen molar-refractivity contribution in [2.75, 3.05) is 11.9 Å². The Morgan fingerprint density at radius 1 is 1.00 bits per heavy atom. The van der Waals surface area contributed by atoms with Crippen molar-refractivity contribution >= 4 is 68.8 Å². The Morgan fingerprint density at radius 2 is 1.65 bits per heavy atom. The van der Waals surface area contributed by atoms with Crippen molar-refractivity contribution in [1.29, 1.82) is 5.26 Å². The Labute approximate surface area is 223 Å². The molecule has 1 amide bonds. The highest BCUT2D eigenvalue weighted by atomic mass is 127. The fourth-order valence-corrected chi connectivity index (χ4v) is 4.95. The summed E-state index contributed by atoms with van der Waals surface area (Å²) in [5, 5.41) is 21.0. The van der Waals surface area contributed by atoms with Crippen LogP contribution in [-0.4, -0.2) is 23.6 Å². The number of nitrogens with zero attached hydrogens (tertiary/aromatic N) is 1. The normalized spacial score (nSPS) is 10.8. The SMILES string of the molecule is N#C/C(=C\c1cc(I)c(OCC(=O)O)c(I)c1)C(=O)Nc1ccc(OCc2ccccc2)cc1. The van der Waals surface area contributed by atoms with Crippen LogP contribution in [0.4, 0.5) is 5.69 Å². The second-order valence-electron chi connectivity index (χ2n) is 6.92. The van der Waals surface area contributed by atoms with Crippen molar-refractivity contribution < 1.29 is 24.2 Å². The molecule has 0 spiro atoms. The lowest BCUT2D eigenvalue weighted by Gasteiger charge is -2.10. The minimum Gasteiger partial charge on any atom is -0.489 e. The number of anilines is 1. The molecule has 0 saturated heterocycles. The van der Waals surface area contributed by atoms with E-state index in [1.165, 1.54) is 6.08 Å². The lowest BCUT2D eigenvalue weighted by atomic mass is 10.1. The summed E-state index contributed by atoms with van der Waals surface area (Å²) < 4.78 is 12.4. The number of amides is 1. The summed E-state index contributed by atoms with van der Waals surface area (Å²) in [4.78, 5) is 23.4. The van der Waals surface area contributed by atoms with E-state index in [1.54, 1.807) is 36.4 Å². The zero-order valence-corrected chi connectivity index (χ0v) is 21.9. The van der Waals surface area contributed by atoms with Gasteiger partial charge in [-0.15, -0.1) is 0 Å². The molecule has 34 heavy (non-hydrogen) atoms. The molecule has 0 aromatic heterocycles. The third kappa shape index (κ3) is 7.46. The van der Waals surface area contributed by atoms with E-state index >= 15 is 0 Å². The molecule has 0 aliphatic heterocycles. The Hall–Kier alpha value is -3.11. The lowest BCUT2D eigenvalue weighted by molar-refractivity contribution is -0.139. The van der Waals surface area contributed by atoms with Crippen molar-refractivity contribution in [1.82, 2.24) is 0 Å². The van der Waals surface area contributed by atoms with Gasteiger partial charge in [-0.3, -0.25) is 4.79 Å². The standard InChI is InChI=1S/C25H18I2N2O5/c26-21-11-17(12-22(27)24(21)34-15-23(30)31)10-18(13-28)25(32)29-19-6-8-20(9-7-19)33-14-16-4-2-1-3-5-16/h1-12H,14-15H2,(H,29,32)(H,30,31)/b18-10+. The van der Waals surface area contributed by atoms with Crippen molar-refractivity contribution in [2.45, 2.75) is 6.61 Å². The first-order valence-electron chi connectivity index (χ1n) is 9.89. The molecule has 7 nitrogen and oxygen atoms in total. The van der Waals surface area contributed by atoms with Crippen LogP contribution >= 0.6 is 45.2 Å². The number of halogens is 2. The molecule has 0 heterocycles. The summed E-state index contributed by atoms with van der Waals surface area (Å²) >= 11 is 4.04. The summed E-state index contributed by atoms with van der Waals surface area (Å²) in [5.74, 6) is -0.517. The van der Waals surface area contributed by atoms with Crippen LogP contribution in [0.1, 0.15) is 11.1 Å². The van der Waals surface area contributed by atoms with Crippen molar-refractivity contribution in [3.63, 3.8) is 0 Å². The van der Waals surface area contributed by atoms with Gasteiger partial charge in [-0.1, -0.05) is 30.3 Å². The quantitative estimate of drug-likeness (QED) is 0.176. The Balaban J connectivity index is 1.66. The first kappa shape index (κ1) is 25.5. The number of carboxylic acids is 1. The van der Waals surface area contributed by atoms with E-state index in [2.05, 4.69) is 5.32 Å². The molecule has 3 rings (SSSR count). The summed E-state index contributed by atoms with van der Waals surface area (Å²) in [5.41, 5.74) is 2.12. The number of benzene rings is 3. The molecule has 2 N–H and O–H groups in total. The molecular weight excluding hydrogens is 662 g/mol. The second kappa shape index (κ2) is 12.4. The maximum absolute atomic E-state index is 12.6. The Bertz CT molecular complexity index is 1230. The third-order valence-corrected chi connectivity index (χ3v) is 6.00. The van der Waals surface area contributed by atoms with Crippen LogP contribution in [0.15, 0.2) is 72.3 Å². The van der Waals surface area contributed by atoms with Gasteiger partial charge in [-0.05, 0) is 98.8 Å². The van der Waals surface area contributed by atoms with Gasteiger partial charge in [0, 0.05) is 5.69 Å². The Kier molecular flexibility index (Phi) is 9.29. The summed E-state index contributed by atoms with van der Waals surface area (Å²) in [6.45, 7) is -0.0191. The monoisotopic (exact) mass is 680 g/mol. The predicted octanol–water partition coefficient (Wildman–Crippen LogP) is 5.48. The average molecular weight is 680 g/mol. The smallest absolute Gasteiger partial charge is 0.341 e. The van der Waals surface area contributed by atoms with Crippen LogP contribution in [0, 0.1) is 18.5 Å². The molecule has 3 aromatic carbocycles. The molecule has 0 aliphatic carbocycles. The van der Waals surface area contributed by atoms with Crippen LogP contribution in [-0.2, 0) is 16.2 Å². The first-order chi connectivity index (χ1) is 16.4. The third-order valence-electron chi connectivity index (χ3n) is 4.40. The number of nitrogens with one attached hydrogen (secondary N) is 1. The van der Waals surface area contributed by atoms with Gasteiger partial charge in [0.2, 0.25) is 0 Å². The maximum Gasteiger partial charge on any atom is 0.341 e. The zero-order chi connectivity index (χ0) is 24.5. The highest BCUT2D eigenvalue weighted by Crippen LogP contribution is 2.30. The number of aliphatic carboxylic acids is 1. The molecule has 0 fully saturated rings. The second-order valence-corrected chi connectivity index (χ2v) is 9.24. The fraction of sp³-hybridized carbons (Fsp3) is 0.0800. The summed E-state index contributed by atoms with van der Waals surface area (Å²) in [7, 11) is 0. The van der Waals surface area contributed by atoms with E-state index < -0.39 is 18.5 Å². The summed E-state index contributed by atoms with van der Waals surface area (Å²) in [6.07, 6.45) is 1.47. The van der Waals surface area contributed by atoms with Gasteiger partial charge in [0.15, 0.2) is 6.61 Å². The van der Waals surface area contributed by atoms with Crippen LogP contribution < -0.4 is 14.8 Å². The maximum atomic E-state index is 12.6. The van der Waals surface area contributed by atoms with Gasteiger partial charge in [0.25, 0.3) is 5.91 Å². The van der Waals surface area contributed by atoms with Gasteiger partial charge in [0.05, 0.1) is 7.14 Å². The van der Waals surface area contributed by atoms with Gasteiger partial charge < -0.3 is 19.9 Å². The number of ether oxygens (including phenoxy) is 2. The highest BCUT2D eigenvalue weighted by Gasteiger charge is 2.13. The molecule has 0 bridgehead atoms. The minimum atomic E-state index is -1.07. The van der Waals surface area contributed by atoms with Crippen molar-refractivity contribution in [3.05, 3.63) is 90.6 Å². The molecule has 9 heteroatoms. The van der Waals surface area contributed by atoms with E-state index in [-0.39, 0.29) is 5.57 Å². The van der Waals surface area contributed by atoms with Crippen LogP contribution in [0.5, 0.6) is 11.5 Å². The molecule has 172 valence electrons. The van der Waals surface area contributed by atoms with Gasteiger partial charge >= 0.3 is 5.97 Å². The van der Waals surface area contributed by atoms with Gasteiger partial charge in [-0.25, -0.2) is 4.79 Å². The zero-order valence-electron chi connectivity index (χ0n) is 17.6. The van der Waals surface area contributed by atoms with Crippen molar-refractivity contribution in [2.24, 2.45) is 0 Å². The first-order valence-corrected chi connectivity index (χ1v) is 12.0. The largest absolute Gasteiger partial charge is 0.489 e. The highest BCUT2D eigenvalue weighted by molar-refractivity contribution is 14.1. The topological polar surface area (TPSA) is 109 Å².